The average molecular weight is 272 g/mol. The van der Waals surface area contributed by atoms with Crippen LogP contribution >= 0.6 is 0 Å². The van der Waals surface area contributed by atoms with Gasteiger partial charge in [0.1, 0.15) is 6.04 Å². The molecule has 2 atom stereocenters. The Balaban J connectivity index is 4.30. The van der Waals surface area contributed by atoms with Crippen LogP contribution in [0.25, 0.3) is 0 Å². The molecule has 0 aromatic rings. The minimum Gasteiger partial charge on any atom is -0.480 e. The minimum absolute atomic E-state index is 0.0904. The van der Waals surface area contributed by atoms with Crippen molar-refractivity contribution >= 4 is 11.9 Å². The summed E-state index contributed by atoms with van der Waals surface area (Å²) in [5.41, 5.74) is 5.56. The fourth-order valence-corrected chi connectivity index (χ4v) is 2.37. The number of carboxylic acid groups (broad SMARTS) is 1. The molecule has 19 heavy (non-hydrogen) atoms. The van der Waals surface area contributed by atoms with Gasteiger partial charge in [0.05, 0.1) is 0 Å². The summed E-state index contributed by atoms with van der Waals surface area (Å²) >= 11 is 0. The predicted molar refractivity (Wildman–Crippen MR) is 75.8 cm³/mol. The Labute approximate surface area is 116 Å². The van der Waals surface area contributed by atoms with E-state index in [1.807, 2.05) is 0 Å². The quantitative estimate of drug-likeness (QED) is 0.635. The van der Waals surface area contributed by atoms with Crippen LogP contribution in [0.5, 0.6) is 0 Å². The summed E-state index contributed by atoms with van der Waals surface area (Å²) in [6, 6.07) is -0.716. The zero-order valence-electron chi connectivity index (χ0n) is 12.4. The molecule has 0 radical (unpaired) electrons. The smallest absolute Gasteiger partial charge is 0.326 e. The lowest BCUT2D eigenvalue weighted by molar-refractivity contribution is -0.149. The Hall–Kier alpha value is -1.10. The molecule has 0 saturated carbocycles. The van der Waals surface area contributed by atoms with Crippen molar-refractivity contribution in [1.82, 2.24) is 4.90 Å². The van der Waals surface area contributed by atoms with Crippen LogP contribution in [-0.4, -0.2) is 41.5 Å². The van der Waals surface area contributed by atoms with Crippen LogP contribution in [0.3, 0.4) is 0 Å². The number of hydrogen-bond acceptors (Lipinski definition) is 3. The molecule has 0 fully saturated rings. The molecular weight excluding hydrogens is 244 g/mol. The molecule has 0 heterocycles. The number of nitrogens with two attached hydrogens (primary N) is 1. The van der Waals surface area contributed by atoms with Gasteiger partial charge in [-0.05, 0) is 31.7 Å². The molecule has 2 unspecified atom stereocenters. The minimum atomic E-state index is -0.939. The van der Waals surface area contributed by atoms with Gasteiger partial charge in [-0.15, -0.1) is 0 Å². The number of carbonyl (C=O) groups excluding carboxylic acids is 1. The lowest BCUT2D eigenvalue weighted by Gasteiger charge is -2.24. The summed E-state index contributed by atoms with van der Waals surface area (Å²) in [5, 5.41) is 9.03. The molecule has 0 bridgehead atoms. The maximum absolute atomic E-state index is 12.0. The normalized spacial score (nSPS) is 13.9. The van der Waals surface area contributed by atoms with Gasteiger partial charge in [0.25, 0.3) is 0 Å². The number of nitrogens with zero attached hydrogens (tertiary/aromatic N) is 1. The van der Waals surface area contributed by atoms with E-state index in [4.69, 9.17) is 10.8 Å². The number of hydrogen-bond donors (Lipinski definition) is 2. The summed E-state index contributed by atoms with van der Waals surface area (Å²) in [5.74, 6) is -0.560. The highest BCUT2D eigenvalue weighted by molar-refractivity contribution is 5.83. The van der Waals surface area contributed by atoms with E-state index >= 15 is 0 Å². The monoisotopic (exact) mass is 272 g/mol. The summed E-state index contributed by atoms with van der Waals surface area (Å²) in [7, 11) is 1.57. The third kappa shape index (κ3) is 6.57. The third-order valence-corrected chi connectivity index (χ3v) is 3.57. The van der Waals surface area contributed by atoms with Crippen molar-refractivity contribution in [2.45, 2.75) is 58.4 Å². The van der Waals surface area contributed by atoms with E-state index in [1.165, 1.54) is 4.90 Å². The van der Waals surface area contributed by atoms with Gasteiger partial charge in [0.15, 0.2) is 0 Å². The van der Waals surface area contributed by atoms with Gasteiger partial charge in [-0.1, -0.05) is 26.7 Å². The summed E-state index contributed by atoms with van der Waals surface area (Å²) in [6.45, 7) is 4.54. The van der Waals surface area contributed by atoms with Crippen LogP contribution < -0.4 is 5.73 Å². The zero-order valence-corrected chi connectivity index (χ0v) is 12.4. The van der Waals surface area contributed by atoms with Crippen molar-refractivity contribution in [3.05, 3.63) is 0 Å². The highest BCUT2D eigenvalue weighted by Crippen LogP contribution is 2.18. The molecular formula is C14H28N2O3. The van der Waals surface area contributed by atoms with Gasteiger partial charge in [0, 0.05) is 13.5 Å². The van der Waals surface area contributed by atoms with Crippen LogP contribution in [0.1, 0.15) is 52.4 Å². The maximum atomic E-state index is 12.0. The molecule has 5 heteroatoms. The number of aliphatic carboxylic acids is 1. The van der Waals surface area contributed by atoms with E-state index in [9.17, 15) is 9.59 Å². The van der Waals surface area contributed by atoms with Gasteiger partial charge in [0.2, 0.25) is 5.91 Å². The molecule has 0 aromatic heterocycles. The van der Waals surface area contributed by atoms with Gasteiger partial charge in [-0.25, -0.2) is 4.79 Å². The van der Waals surface area contributed by atoms with E-state index in [1.54, 1.807) is 14.0 Å². The average Bonchev–Trinajstić information content (AvgIpc) is 2.36. The second-order valence-corrected chi connectivity index (χ2v) is 5.04. The number of likely N-dealkylation sites (N-methyl/N-ethyl adjacent to an activating group) is 1. The number of carboxylic acids is 1. The molecule has 0 aromatic carbocycles. The lowest BCUT2D eigenvalue weighted by Crippen LogP contribution is -2.42. The zero-order chi connectivity index (χ0) is 14.8. The van der Waals surface area contributed by atoms with E-state index in [0.717, 1.165) is 25.7 Å². The van der Waals surface area contributed by atoms with Gasteiger partial charge in [-0.2, -0.15) is 0 Å². The molecule has 5 nitrogen and oxygen atoms in total. The largest absolute Gasteiger partial charge is 0.480 e. The highest BCUT2D eigenvalue weighted by atomic mass is 16.4. The lowest BCUT2D eigenvalue weighted by atomic mass is 9.94. The molecule has 0 aliphatic rings. The van der Waals surface area contributed by atoms with Crippen LogP contribution in [0, 0.1) is 5.92 Å². The highest BCUT2D eigenvalue weighted by Gasteiger charge is 2.24. The SMILES string of the molecule is CCCC(CCN)CCC(=O)N(C)C(CC)C(=O)O. The maximum Gasteiger partial charge on any atom is 0.326 e. The Bertz CT molecular complexity index is 276. The molecule has 0 aliphatic heterocycles. The van der Waals surface area contributed by atoms with Crippen molar-refractivity contribution < 1.29 is 14.7 Å². The molecule has 112 valence electrons. The van der Waals surface area contributed by atoms with Gasteiger partial charge >= 0.3 is 5.97 Å². The summed E-state index contributed by atoms with van der Waals surface area (Å²) in [4.78, 5) is 24.4. The first-order valence-corrected chi connectivity index (χ1v) is 7.16. The van der Waals surface area contributed by atoms with Gasteiger partial charge < -0.3 is 15.7 Å². The molecule has 0 rings (SSSR count). The summed E-state index contributed by atoms with van der Waals surface area (Å²) < 4.78 is 0. The van der Waals surface area contributed by atoms with E-state index in [-0.39, 0.29) is 5.91 Å². The Morgan fingerprint density at radius 3 is 2.26 bits per heavy atom. The second kappa shape index (κ2) is 9.78. The van der Waals surface area contributed by atoms with E-state index in [2.05, 4.69) is 6.92 Å². The first-order valence-electron chi connectivity index (χ1n) is 7.16. The standard InChI is InChI=1S/C14H28N2O3/c1-4-6-11(9-10-15)7-8-13(17)16(3)12(5-2)14(18)19/h11-12H,4-10,15H2,1-3H3,(H,18,19). The Morgan fingerprint density at radius 2 is 1.84 bits per heavy atom. The molecule has 3 N–H and O–H groups in total. The third-order valence-electron chi connectivity index (χ3n) is 3.57. The Morgan fingerprint density at radius 1 is 1.21 bits per heavy atom. The van der Waals surface area contributed by atoms with Crippen LogP contribution in [0.2, 0.25) is 0 Å². The number of carbonyl (C=O) groups is 2. The molecule has 0 aliphatic carbocycles. The number of rotatable bonds is 10. The van der Waals surface area contributed by atoms with Crippen LogP contribution in [0.4, 0.5) is 0 Å². The van der Waals surface area contributed by atoms with Crippen LogP contribution in [-0.2, 0) is 9.59 Å². The van der Waals surface area contributed by atoms with Crippen molar-refractivity contribution in [3.8, 4) is 0 Å². The van der Waals surface area contributed by atoms with Crippen molar-refractivity contribution in [2.75, 3.05) is 13.6 Å². The molecule has 0 spiro atoms. The van der Waals surface area contributed by atoms with E-state index < -0.39 is 12.0 Å². The van der Waals surface area contributed by atoms with Crippen LogP contribution in [0.15, 0.2) is 0 Å². The Kier molecular flexibility index (Phi) is 9.21. The topological polar surface area (TPSA) is 83.6 Å². The molecule has 0 saturated heterocycles. The fourth-order valence-electron chi connectivity index (χ4n) is 2.37. The van der Waals surface area contributed by atoms with Crippen molar-refractivity contribution in [3.63, 3.8) is 0 Å². The second-order valence-electron chi connectivity index (χ2n) is 5.04. The fraction of sp³-hybridized carbons (Fsp3) is 0.857. The summed E-state index contributed by atoms with van der Waals surface area (Å²) in [6.07, 6.45) is 4.72. The van der Waals surface area contributed by atoms with Gasteiger partial charge in [-0.3, -0.25) is 4.79 Å². The first-order chi connectivity index (χ1) is 8.97. The molecule has 1 amide bonds. The first kappa shape index (κ1) is 17.9. The van der Waals surface area contributed by atoms with Crippen molar-refractivity contribution in [2.24, 2.45) is 11.7 Å². The predicted octanol–water partition coefficient (Wildman–Crippen LogP) is 1.85. The van der Waals surface area contributed by atoms with Crippen molar-refractivity contribution in [1.29, 1.82) is 0 Å². The number of amides is 1. The van der Waals surface area contributed by atoms with E-state index in [0.29, 0.717) is 25.3 Å².